The summed E-state index contributed by atoms with van der Waals surface area (Å²) in [6.07, 6.45) is 0.918. The van der Waals surface area contributed by atoms with Crippen LogP contribution in [0.15, 0.2) is 59.6 Å². The highest BCUT2D eigenvalue weighted by Crippen LogP contribution is 2.16. The Bertz CT molecular complexity index is 513. The summed E-state index contributed by atoms with van der Waals surface area (Å²) in [4.78, 5) is 3.97. The molecule has 0 atom stereocenters. The minimum Gasteiger partial charge on any atom is -0.195 e. The van der Waals surface area contributed by atoms with Gasteiger partial charge in [-0.2, -0.15) is 4.99 Å². The van der Waals surface area contributed by atoms with Crippen LogP contribution in [0.25, 0.3) is 0 Å². The SMILES string of the molecule is S=C=Nc1cccc(Cc2ccccc2)c1. The first-order chi connectivity index (χ1) is 7.88. The van der Waals surface area contributed by atoms with E-state index in [1.165, 1.54) is 11.1 Å². The van der Waals surface area contributed by atoms with Crippen LogP contribution in [-0.4, -0.2) is 5.16 Å². The molecule has 0 spiro atoms. The van der Waals surface area contributed by atoms with E-state index in [0.29, 0.717) is 0 Å². The van der Waals surface area contributed by atoms with Crippen LogP contribution >= 0.6 is 12.2 Å². The van der Waals surface area contributed by atoms with Gasteiger partial charge in [-0.15, -0.1) is 0 Å². The van der Waals surface area contributed by atoms with Gasteiger partial charge in [0.1, 0.15) is 0 Å². The first-order valence-electron chi connectivity index (χ1n) is 5.09. The monoisotopic (exact) mass is 225 g/mol. The Kier molecular flexibility index (Phi) is 3.60. The molecule has 0 bridgehead atoms. The molecule has 0 fully saturated rings. The van der Waals surface area contributed by atoms with Crippen LogP contribution in [0.4, 0.5) is 5.69 Å². The third-order valence-electron chi connectivity index (χ3n) is 2.34. The fraction of sp³-hybridized carbons (Fsp3) is 0.0714. The van der Waals surface area contributed by atoms with Crippen molar-refractivity contribution in [2.75, 3.05) is 0 Å². The quantitative estimate of drug-likeness (QED) is 0.568. The average molecular weight is 225 g/mol. The number of hydrogen-bond acceptors (Lipinski definition) is 2. The van der Waals surface area contributed by atoms with Gasteiger partial charge in [-0.3, -0.25) is 0 Å². The van der Waals surface area contributed by atoms with Gasteiger partial charge in [0.25, 0.3) is 0 Å². The van der Waals surface area contributed by atoms with E-state index in [-0.39, 0.29) is 0 Å². The molecule has 0 aliphatic rings. The van der Waals surface area contributed by atoms with E-state index in [1.54, 1.807) is 0 Å². The van der Waals surface area contributed by atoms with Crippen molar-refractivity contribution in [3.8, 4) is 0 Å². The van der Waals surface area contributed by atoms with Crippen molar-refractivity contribution < 1.29 is 0 Å². The maximum absolute atomic E-state index is 4.59. The Balaban J connectivity index is 2.22. The lowest BCUT2D eigenvalue weighted by Gasteiger charge is -2.02. The van der Waals surface area contributed by atoms with Gasteiger partial charge in [0.15, 0.2) is 0 Å². The minimum atomic E-state index is 0.864. The molecule has 2 rings (SSSR count). The normalized spacial score (nSPS) is 9.50. The molecule has 78 valence electrons. The van der Waals surface area contributed by atoms with Crippen molar-refractivity contribution in [3.05, 3.63) is 65.7 Å². The Morgan fingerprint density at radius 2 is 1.69 bits per heavy atom. The molecule has 1 nitrogen and oxygen atoms in total. The minimum absolute atomic E-state index is 0.864. The largest absolute Gasteiger partial charge is 0.195 e. The molecule has 0 saturated heterocycles. The van der Waals surface area contributed by atoms with Gasteiger partial charge < -0.3 is 0 Å². The summed E-state index contributed by atoms with van der Waals surface area (Å²) in [6, 6.07) is 18.4. The van der Waals surface area contributed by atoms with Gasteiger partial charge in [0.05, 0.1) is 10.8 Å². The van der Waals surface area contributed by atoms with Crippen molar-refractivity contribution >= 4 is 23.1 Å². The zero-order chi connectivity index (χ0) is 11.2. The van der Waals surface area contributed by atoms with Crippen LogP contribution < -0.4 is 0 Å². The van der Waals surface area contributed by atoms with Crippen molar-refractivity contribution in [2.24, 2.45) is 4.99 Å². The van der Waals surface area contributed by atoms with Crippen molar-refractivity contribution in [1.82, 2.24) is 0 Å². The van der Waals surface area contributed by atoms with Crippen LogP contribution in [0.2, 0.25) is 0 Å². The zero-order valence-electron chi connectivity index (χ0n) is 8.76. The zero-order valence-corrected chi connectivity index (χ0v) is 9.58. The number of nitrogens with zero attached hydrogens (tertiary/aromatic N) is 1. The van der Waals surface area contributed by atoms with Crippen LogP contribution in [0.1, 0.15) is 11.1 Å². The lowest BCUT2D eigenvalue weighted by Crippen LogP contribution is -1.86. The number of thiocarbonyl (C=S) groups is 1. The summed E-state index contributed by atoms with van der Waals surface area (Å²) in [5, 5.41) is 2.38. The van der Waals surface area contributed by atoms with E-state index >= 15 is 0 Å². The average Bonchev–Trinajstić information content (AvgIpc) is 2.31. The van der Waals surface area contributed by atoms with E-state index in [2.05, 4.69) is 40.6 Å². The molecule has 0 unspecified atom stereocenters. The predicted molar refractivity (Wildman–Crippen MR) is 70.4 cm³/mol. The van der Waals surface area contributed by atoms with E-state index in [9.17, 15) is 0 Å². The molecule has 0 radical (unpaired) electrons. The third-order valence-corrected chi connectivity index (χ3v) is 2.43. The molecule has 0 aromatic heterocycles. The predicted octanol–water partition coefficient (Wildman–Crippen LogP) is 4.01. The first-order valence-corrected chi connectivity index (χ1v) is 5.50. The first kappa shape index (κ1) is 10.7. The summed E-state index contributed by atoms with van der Waals surface area (Å²) in [7, 11) is 0. The van der Waals surface area contributed by atoms with Crippen LogP contribution in [0, 0.1) is 0 Å². The van der Waals surface area contributed by atoms with Gasteiger partial charge in [0, 0.05) is 0 Å². The lowest BCUT2D eigenvalue weighted by molar-refractivity contribution is 1.19. The van der Waals surface area contributed by atoms with Crippen LogP contribution in [-0.2, 0) is 6.42 Å². The second kappa shape index (κ2) is 5.36. The van der Waals surface area contributed by atoms with E-state index in [0.717, 1.165) is 12.1 Å². The Labute approximate surface area is 100 Å². The molecule has 2 aromatic rings. The maximum Gasteiger partial charge on any atom is 0.0742 e. The van der Waals surface area contributed by atoms with E-state index < -0.39 is 0 Å². The highest BCUT2D eigenvalue weighted by Gasteiger charge is 1.96. The Morgan fingerprint density at radius 3 is 2.44 bits per heavy atom. The highest BCUT2D eigenvalue weighted by molar-refractivity contribution is 7.78. The smallest absolute Gasteiger partial charge is 0.0742 e. The fourth-order valence-corrected chi connectivity index (χ4v) is 1.73. The standard InChI is InChI=1S/C14H11NS/c16-11-15-14-8-4-7-13(10-14)9-12-5-2-1-3-6-12/h1-8,10H,9H2. The molecule has 16 heavy (non-hydrogen) atoms. The molecule has 2 aromatic carbocycles. The summed E-state index contributed by atoms with van der Waals surface area (Å²) in [6.45, 7) is 0. The molecule has 0 aliphatic carbocycles. The second-order valence-electron chi connectivity index (χ2n) is 3.54. The fourth-order valence-electron chi connectivity index (χ4n) is 1.62. The van der Waals surface area contributed by atoms with Crippen LogP contribution in [0.3, 0.4) is 0 Å². The van der Waals surface area contributed by atoms with Crippen LogP contribution in [0.5, 0.6) is 0 Å². The lowest BCUT2D eigenvalue weighted by atomic mass is 10.0. The van der Waals surface area contributed by atoms with Gasteiger partial charge in [-0.05, 0) is 41.9 Å². The Morgan fingerprint density at radius 1 is 0.938 bits per heavy atom. The van der Waals surface area contributed by atoms with Crippen molar-refractivity contribution in [2.45, 2.75) is 6.42 Å². The summed E-state index contributed by atoms with van der Waals surface area (Å²) >= 11 is 4.59. The molecule has 0 saturated carbocycles. The second-order valence-corrected chi connectivity index (χ2v) is 3.72. The number of benzene rings is 2. The van der Waals surface area contributed by atoms with Gasteiger partial charge in [-0.25, -0.2) is 0 Å². The summed E-state index contributed by atoms with van der Waals surface area (Å²) in [5.74, 6) is 0. The number of aliphatic imine (C=N–C) groups is 1. The number of hydrogen-bond donors (Lipinski definition) is 0. The molecule has 0 heterocycles. The third kappa shape index (κ3) is 2.86. The van der Waals surface area contributed by atoms with Crippen molar-refractivity contribution in [3.63, 3.8) is 0 Å². The van der Waals surface area contributed by atoms with Crippen molar-refractivity contribution in [1.29, 1.82) is 0 Å². The number of rotatable bonds is 3. The summed E-state index contributed by atoms with van der Waals surface area (Å²) in [5.41, 5.74) is 3.40. The van der Waals surface area contributed by atoms with Gasteiger partial charge in [-0.1, -0.05) is 42.5 Å². The summed E-state index contributed by atoms with van der Waals surface area (Å²) < 4.78 is 0. The van der Waals surface area contributed by atoms with E-state index in [4.69, 9.17) is 0 Å². The molecule has 2 heteroatoms. The van der Waals surface area contributed by atoms with Gasteiger partial charge >= 0.3 is 0 Å². The highest BCUT2D eigenvalue weighted by atomic mass is 32.1. The topological polar surface area (TPSA) is 12.4 Å². The van der Waals surface area contributed by atoms with E-state index in [1.807, 2.05) is 36.4 Å². The molecular weight excluding hydrogens is 214 g/mol. The Hall–Kier alpha value is -1.76. The molecular formula is C14H11NS. The number of isothiocyanates is 1. The van der Waals surface area contributed by atoms with Gasteiger partial charge in [0.2, 0.25) is 0 Å². The molecule has 0 aliphatic heterocycles. The maximum atomic E-state index is 4.59. The molecule has 0 amide bonds. The molecule has 0 N–H and O–H groups in total.